The van der Waals surface area contributed by atoms with Gasteiger partial charge in [-0.3, -0.25) is 4.79 Å². The Hall–Kier alpha value is -0.280. The fourth-order valence-electron chi connectivity index (χ4n) is 2.84. The van der Waals surface area contributed by atoms with Crippen LogP contribution in [0.5, 0.6) is 0 Å². The molecule has 80 valence electrons. The van der Waals surface area contributed by atoms with Gasteiger partial charge in [-0.05, 0) is 18.8 Å². The van der Waals surface area contributed by atoms with Crippen molar-refractivity contribution in [1.82, 2.24) is 10.2 Å². The average Bonchev–Trinajstić information content (AvgIpc) is 2.28. The molecule has 3 fully saturated rings. The summed E-state index contributed by atoms with van der Waals surface area (Å²) < 4.78 is 0. The molecule has 0 aromatic heterocycles. The van der Waals surface area contributed by atoms with Gasteiger partial charge in [0.1, 0.15) is 0 Å². The zero-order chi connectivity index (χ0) is 8.84. The van der Waals surface area contributed by atoms with Crippen molar-refractivity contribution in [3.05, 3.63) is 0 Å². The Morgan fingerprint density at radius 2 is 2.07 bits per heavy atom. The zero-order valence-electron chi connectivity index (χ0n) is 8.24. The SMILES string of the molecule is Cl.O=C(C1CNC1)N1CC2CCCC21. The van der Waals surface area contributed by atoms with E-state index < -0.39 is 0 Å². The van der Waals surface area contributed by atoms with Crippen molar-refractivity contribution in [2.75, 3.05) is 19.6 Å². The molecule has 3 aliphatic rings. The quantitative estimate of drug-likeness (QED) is 0.698. The molecular weight excluding hydrogens is 200 g/mol. The molecule has 2 heterocycles. The Balaban J connectivity index is 0.000000750. The molecule has 3 rings (SSSR count). The highest BCUT2D eigenvalue weighted by Gasteiger charge is 2.46. The predicted octanol–water partition coefficient (Wildman–Crippen LogP) is 0.638. The number of carbonyl (C=O) groups is 1. The largest absolute Gasteiger partial charge is 0.339 e. The first-order valence-corrected chi connectivity index (χ1v) is 5.37. The van der Waals surface area contributed by atoms with E-state index in [0.717, 1.165) is 25.6 Å². The Kier molecular flexibility index (Phi) is 2.71. The maximum absolute atomic E-state index is 11.8. The first kappa shape index (κ1) is 10.2. The molecule has 1 amide bonds. The van der Waals surface area contributed by atoms with Gasteiger partial charge in [0.25, 0.3) is 0 Å². The third-order valence-electron chi connectivity index (χ3n) is 3.86. The molecule has 0 bridgehead atoms. The van der Waals surface area contributed by atoms with Crippen LogP contribution in [0, 0.1) is 11.8 Å². The summed E-state index contributed by atoms with van der Waals surface area (Å²) in [6.07, 6.45) is 3.95. The number of likely N-dealkylation sites (tertiary alicyclic amines) is 1. The molecule has 0 spiro atoms. The summed E-state index contributed by atoms with van der Waals surface area (Å²) in [6.45, 7) is 2.87. The summed E-state index contributed by atoms with van der Waals surface area (Å²) in [5.74, 6) is 1.58. The standard InChI is InChI=1S/C10H16N2O.ClH/c13-10(8-4-11-5-8)12-6-7-2-1-3-9(7)12;/h7-9,11H,1-6H2;1H. The van der Waals surface area contributed by atoms with Crippen LogP contribution in [0.4, 0.5) is 0 Å². The summed E-state index contributed by atoms with van der Waals surface area (Å²) in [7, 11) is 0. The second-order valence-electron chi connectivity index (χ2n) is 4.60. The number of rotatable bonds is 1. The second-order valence-corrected chi connectivity index (χ2v) is 4.60. The molecule has 2 atom stereocenters. The van der Waals surface area contributed by atoms with Gasteiger partial charge in [0.05, 0.1) is 5.92 Å². The van der Waals surface area contributed by atoms with Crippen molar-refractivity contribution in [2.45, 2.75) is 25.3 Å². The molecule has 2 aliphatic heterocycles. The van der Waals surface area contributed by atoms with Crippen LogP contribution in [0.3, 0.4) is 0 Å². The molecule has 4 heteroatoms. The highest BCUT2D eigenvalue weighted by Crippen LogP contribution is 2.39. The van der Waals surface area contributed by atoms with E-state index in [4.69, 9.17) is 0 Å². The highest BCUT2D eigenvalue weighted by molar-refractivity contribution is 5.85. The maximum Gasteiger partial charge on any atom is 0.228 e. The predicted molar refractivity (Wildman–Crippen MR) is 56.4 cm³/mol. The lowest BCUT2D eigenvalue weighted by Crippen LogP contribution is -2.61. The Morgan fingerprint density at radius 3 is 2.64 bits per heavy atom. The van der Waals surface area contributed by atoms with E-state index in [2.05, 4.69) is 10.2 Å². The van der Waals surface area contributed by atoms with E-state index >= 15 is 0 Å². The number of hydrogen-bond acceptors (Lipinski definition) is 2. The summed E-state index contributed by atoms with van der Waals surface area (Å²) >= 11 is 0. The first-order chi connectivity index (χ1) is 6.36. The van der Waals surface area contributed by atoms with Gasteiger partial charge < -0.3 is 10.2 Å². The van der Waals surface area contributed by atoms with Gasteiger partial charge in [-0.2, -0.15) is 0 Å². The molecule has 1 N–H and O–H groups in total. The normalized spacial score (nSPS) is 35.3. The van der Waals surface area contributed by atoms with E-state index in [1.54, 1.807) is 0 Å². The Morgan fingerprint density at radius 1 is 1.29 bits per heavy atom. The van der Waals surface area contributed by atoms with Gasteiger partial charge in [0.2, 0.25) is 5.91 Å². The number of carbonyl (C=O) groups excluding carboxylic acids is 1. The third-order valence-corrected chi connectivity index (χ3v) is 3.86. The number of hydrogen-bond donors (Lipinski definition) is 1. The van der Waals surface area contributed by atoms with Crippen molar-refractivity contribution < 1.29 is 4.79 Å². The van der Waals surface area contributed by atoms with E-state index in [0.29, 0.717) is 17.9 Å². The van der Waals surface area contributed by atoms with Crippen LogP contribution < -0.4 is 5.32 Å². The van der Waals surface area contributed by atoms with Crippen LogP contribution in [0.1, 0.15) is 19.3 Å². The lowest BCUT2D eigenvalue weighted by molar-refractivity contribution is -0.148. The van der Waals surface area contributed by atoms with E-state index in [1.807, 2.05) is 0 Å². The van der Waals surface area contributed by atoms with Crippen LogP contribution in [0.2, 0.25) is 0 Å². The lowest BCUT2D eigenvalue weighted by atomic mass is 9.89. The Labute approximate surface area is 90.6 Å². The number of amides is 1. The van der Waals surface area contributed by atoms with Gasteiger partial charge in [-0.1, -0.05) is 6.42 Å². The highest BCUT2D eigenvalue weighted by atomic mass is 35.5. The van der Waals surface area contributed by atoms with E-state index in [9.17, 15) is 4.79 Å². The van der Waals surface area contributed by atoms with Crippen LogP contribution in [0.25, 0.3) is 0 Å². The van der Waals surface area contributed by atoms with Gasteiger partial charge in [-0.15, -0.1) is 12.4 Å². The lowest BCUT2D eigenvalue weighted by Gasteiger charge is -2.47. The molecule has 0 aromatic rings. The van der Waals surface area contributed by atoms with Gasteiger partial charge in [-0.25, -0.2) is 0 Å². The van der Waals surface area contributed by atoms with E-state index in [-0.39, 0.29) is 12.4 Å². The van der Waals surface area contributed by atoms with Crippen LogP contribution in [0.15, 0.2) is 0 Å². The summed E-state index contributed by atoms with van der Waals surface area (Å²) in [6, 6.07) is 0.633. The number of fused-ring (bicyclic) bond motifs is 1. The van der Waals surface area contributed by atoms with Crippen LogP contribution in [-0.2, 0) is 4.79 Å². The summed E-state index contributed by atoms with van der Waals surface area (Å²) in [5.41, 5.74) is 0. The van der Waals surface area contributed by atoms with Crippen molar-refractivity contribution in [3.8, 4) is 0 Å². The molecule has 14 heavy (non-hydrogen) atoms. The minimum atomic E-state index is 0. The van der Waals surface area contributed by atoms with Gasteiger partial charge in [0.15, 0.2) is 0 Å². The molecule has 3 nitrogen and oxygen atoms in total. The van der Waals surface area contributed by atoms with Crippen molar-refractivity contribution in [2.24, 2.45) is 11.8 Å². The number of halogens is 1. The smallest absolute Gasteiger partial charge is 0.228 e. The molecule has 2 unspecified atom stereocenters. The fraction of sp³-hybridized carbons (Fsp3) is 0.900. The molecule has 1 aliphatic carbocycles. The van der Waals surface area contributed by atoms with Crippen molar-refractivity contribution in [3.63, 3.8) is 0 Å². The van der Waals surface area contributed by atoms with Crippen LogP contribution >= 0.6 is 12.4 Å². The molecule has 1 saturated carbocycles. The monoisotopic (exact) mass is 216 g/mol. The van der Waals surface area contributed by atoms with Gasteiger partial charge in [0, 0.05) is 25.7 Å². The number of nitrogens with one attached hydrogen (secondary N) is 1. The molecule has 2 saturated heterocycles. The minimum absolute atomic E-state index is 0. The molecular formula is C10H17ClN2O. The minimum Gasteiger partial charge on any atom is -0.339 e. The Bertz CT molecular complexity index is 242. The third kappa shape index (κ3) is 1.34. The second kappa shape index (κ2) is 3.70. The molecule has 0 radical (unpaired) electrons. The van der Waals surface area contributed by atoms with Gasteiger partial charge >= 0.3 is 0 Å². The maximum atomic E-state index is 11.8. The van der Waals surface area contributed by atoms with Crippen LogP contribution in [-0.4, -0.2) is 36.5 Å². The summed E-state index contributed by atoms with van der Waals surface area (Å²) in [5, 5.41) is 3.16. The fourth-order valence-corrected chi connectivity index (χ4v) is 2.84. The number of nitrogens with zero attached hydrogens (tertiary/aromatic N) is 1. The zero-order valence-corrected chi connectivity index (χ0v) is 9.05. The average molecular weight is 217 g/mol. The van der Waals surface area contributed by atoms with Crippen molar-refractivity contribution >= 4 is 18.3 Å². The van der Waals surface area contributed by atoms with Crippen molar-refractivity contribution in [1.29, 1.82) is 0 Å². The van der Waals surface area contributed by atoms with E-state index in [1.165, 1.54) is 19.3 Å². The summed E-state index contributed by atoms with van der Waals surface area (Å²) in [4.78, 5) is 14.0. The topological polar surface area (TPSA) is 32.3 Å². The molecule has 0 aromatic carbocycles. The first-order valence-electron chi connectivity index (χ1n) is 5.37.